The molecule has 17 aromatic rings. The van der Waals surface area contributed by atoms with Crippen molar-refractivity contribution >= 4 is 87.0 Å². The molecular formula is C78H50N4. The van der Waals surface area contributed by atoms with Crippen molar-refractivity contribution in [3.8, 4) is 67.5 Å². The van der Waals surface area contributed by atoms with Gasteiger partial charge in [0.25, 0.3) is 0 Å². The molecule has 82 heavy (non-hydrogen) atoms. The van der Waals surface area contributed by atoms with E-state index in [9.17, 15) is 0 Å². The number of para-hydroxylation sites is 4. The van der Waals surface area contributed by atoms with Gasteiger partial charge in [-0.15, -0.1) is 0 Å². The van der Waals surface area contributed by atoms with Crippen LogP contribution in [0.25, 0.3) is 154 Å². The minimum atomic E-state index is 1.11. The standard InChI is InChI=1S/C78H50N4/c1-3-21-59(22-4-1)79-71-31-13-11-27-67(71)69-49-61(41-43-73(69)79)81-75(55-37-33-53(34-38-55)65-29-15-19-51-17-7-9-25-63(51)65)45-57-48-78-58(47-77(57)81)46-76(56-39-35-54(36-40-56)66-30-16-20-52-18-8-10-26-64(52)66)82(78)62-42-44-74-70(50-62)68-28-12-14-32-72(68)80(74)60-23-5-2-6-24-60/h1-50H. The maximum atomic E-state index is 2.50. The number of nitrogens with zero attached hydrogens (tertiary/aromatic N) is 4. The van der Waals surface area contributed by atoms with Crippen LogP contribution < -0.4 is 0 Å². The van der Waals surface area contributed by atoms with Crippen molar-refractivity contribution in [2.75, 3.05) is 0 Å². The summed E-state index contributed by atoms with van der Waals surface area (Å²) in [6, 6.07) is 112. The highest BCUT2D eigenvalue weighted by molar-refractivity contribution is 6.12. The molecule has 0 atom stereocenters. The van der Waals surface area contributed by atoms with E-state index in [1.54, 1.807) is 0 Å². The van der Waals surface area contributed by atoms with E-state index in [-0.39, 0.29) is 0 Å². The molecule has 4 heterocycles. The highest BCUT2D eigenvalue weighted by Crippen LogP contribution is 2.43. The van der Waals surface area contributed by atoms with Crippen LogP contribution in [0.1, 0.15) is 0 Å². The Morgan fingerprint density at radius 2 is 0.524 bits per heavy atom. The quantitative estimate of drug-likeness (QED) is 0.145. The second-order valence-corrected chi connectivity index (χ2v) is 21.7. The molecule has 0 N–H and O–H groups in total. The van der Waals surface area contributed by atoms with E-state index < -0.39 is 0 Å². The van der Waals surface area contributed by atoms with Crippen molar-refractivity contribution < 1.29 is 0 Å². The molecule has 382 valence electrons. The van der Waals surface area contributed by atoms with Gasteiger partial charge in [0, 0.05) is 55.1 Å². The van der Waals surface area contributed by atoms with Crippen molar-refractivity contribution in [3.05, 3.63) is 303 Å². The summed E-state index contributed by atoms with van der Waals surface area (Å²) in [7, 11) is 0. The summed E-state index contributed by atoms with van der Waals surface area (Å²) in [5.74, 6) is 0. The number of rotatable bonds is 8. The first-order chi connectivity index (χ1) is 40.7. The van der Waals surface area contributed by atoms with Crippen LogP contribution >= 0.6 is 0 Å². The van der Waals surface area contributed by atoms with Gasteiger partial charge >= 0.3 is 0 Å². The summed E-state index contributed by atoms with van der Waals surface area (Å²) >= 11 is 0. The second-order valence-electron chi connectivity index (χ2n) is 21.7. The molecule has 4 aromatic heterocycles. The Morgan fingerprint density at radius 3 is 0.963 bits per heavy atom. The third-order valence-electron chi connectivity index (χ3n) is 17.1. The van der Waals surface area contributed by atoms with Crippen molar-refractivity contribution in [2.24, 2.45) is 0 Å². The molecule has 0 fully saturated rings. The topological polar surface area (TPSA) is 19.7 Å². The van der Waals surface area contributed by atoms with E-state index in [0.29, 0.717) is 0 Å². The monoisotopic (exact) mass is 1040 g/mol. The summed E-state index contributed by atoms with van der Waals surface area (Å²) in [5, 5.41) is 12.2. The zero-order valence-electron chi connectivity index (χ0n) is 44.7. The molecular weight excluding hydrogens is 993 g/mol. The molecule has 17 rings (SSSR count). The van der Waals surface area contributed by atoms with Crippen molar-refractivity contribution in [1.29, 1.82) is 0 Å². The zero-order chi connectivity index (χ0) is 53.8. The van der Waals surface area contributed by atoms with E-state index in [1.807, 2.05) is 0 Å². The van der Waals surface area contributed by atoms with Gasteiger partial charge in [-0.1, -0.05) is 206 Å². The van der Waals surface area contributed by atoms with Crippen LogP contribution in [0.2, 0.25) is 0 Å². The molecule has 0 spiro atoms. The number of fused-ring (bicyclic) bond motifs is 10. The summed E-state index contributed by atoms with van der Waals surface area (Å²) in [6.45, 7) is 0. The summed E-state index contributed by atoms with van der Waals surface area (Å²) < 4.78 is 9.79. The van der Waals surface area contributed by atoms with Gasteiger partial charge in [-0.25, -0.2) is 0 Å². The first kappa shape index (κ1) is 46.0. The first-order valence-corrected chi connectivity index (χ1v) is 28.2. The number of hydrogen-bond donors (Lipinski definition) is 0. The lowest BCUT2D eigenvalue weighted by Crippen LogP contribution is -1.99. The van der Waals surface area contributed by atoms with E-state index in [0.717, 1.165) is 67.1 Å². The van der Waals surface area contributed by atoms with Gasteiger partial charge in [-0.2, -0.15) is 0 Å². The Morgan fingerprint density at radius 1 is 0.171 bits per heavy atom. The minimum Gasteiger partial charge on any atom is -0.309 e. The lowest BCUT2D eigenvalue weighted by molar-refractivity contribution is 1.13. The van der Waals surface area contributed by atoms with Crippen LogP contribution in [-0.2, 0) is 0 Å². The van der Waals surface area contributed by atoms with E-state index in [4.69, 9.17) is 0 Å². The average Bonchev–Trinajstić information content (AvgIpc) is 4.42. The van der Waals surface area contributed by atoms with Gasteiger partial charge in [0.1, 0.15) is 0 Å². The molecule has 0 bridgehead atoms. The van der Waals surface area contributed by atoms with Gasteiger partial charge in [0.05, 0.1) is 44.5 Å². The van der Waals surface area contributed by atoms with Crippen LogP contribution in [-0.4, -0.2) is 18.3 Å². The van der Waals surface area contributed by atoms with E-state index >= 15 is 0 Å². The molecule has 4 heteroatoms. The molecule has 0 radical (unpaired) electrons. The lowest BCUT2D eigenvalue weighted by Gasteiger charge is -2.14. The fourth-order valence-electron chi connectivity index (χ4n) is 13.4. The molecule has 13 aromatic carbocycles. The Labute approximate surface area is 473 Å². The summed E-state index contributed by atoms with van der Waals surface area (Å²) in [4.78, 5) is 0. The van der Waals surface area contributed by atoms with Crippen molar-refractivity contribution in [3.63, 3.8) is 0 Å². The second kappa shape index (κ2) is 18.3. The number of aromatic nitrogens is 4. The highest BCUT2D eigenvalue weighted by Gasteiger charge is 2.22. The fraction of sp³-hybridized carbons (Fsp3) is 0. The van der Waals surface area contributed by atoms with Gasteiger partial charge in [0.15, 0.2) is 0 Å². The lowest BCUT2D eigenvalue weighted by atomic mass is 9.97. The van der Waals surface area contributed by atoms with Crippen molar-refractivity contribution in [1.82, 2.24) is 18.3 Å². The number of hydrogen-bond acceptors (Lipinski definition) is 0. The van der Waals surface area contributed by atoms with Crippen LogP contribution in [0.15, 0.2) is 303 Å². The molecule has 0 saturated heterocycles. The van der Waals surface area contributed by atoms with E-state index in [1.165, 1.54) is 87.4 Å². The Bertz CT molecular complexity index is 5010. The highest BCUT2D eigenvalue weighted by atomic mass is 15.0. The predicted molar refractivity (Wildman–Crippen MR) is 346 cm³/mol. The SMILES string of the molecule is c1ccc(-n2c3ccccc3c3cc(-n4c(-c5ccc(-c6cccc7ccccc67)cc5)cc5cc6c(cc(-c7ccc(-c8cccc9ccccc89)cc7)n6-c6ccc7c(c6)c6ccccc6n7-c6ccccc6)cc54)ccc32)cc1. The number of benzene rings is 13. The van der Waals surface area contributed by atoms with Crippen LogP contribution in [0, 0.1) is 0 Å². The molecule has 0 aliphatic rings. The van der Waals surface area contributed by atoms with Gasteiger partial charge in [0.2, 0.25) is 0 Å². The van der Waals surface area contributed by atoms with Gasteiger partial charge in [-0.3, -0.25) is 0 Å². The maximum Gasteiger partial charge on any atom is 0.0542 e. The Hall–Kier alpha value is -10.9. The summed E-state index contributed by atoms with van der Waals surface area (Å²) in [5.41, 5.74) is 20.9. The summed E-state index contributed by atoms with van der Waals surface area (Å²) in [6.07, 6.45) is 0. The third-order valence-corrected chi connectivity index (χ3v) is 17.1. The Balaban J connectivity index is 0.902. The molecule has 0 unspecified atom stereocenters. The van der Waals surface area contributed by atoms with Crippen LogP contribution in [0.3, 0.4) is 0 Å². The van der Waals surface area contributed by atoms with E-state index in [2.05, 4.69) is 322 Å². The van der Waals surface area contributed by atoms with Crippen LogP contribution in [0.4, 0.5) is 0 Å². The first-order valence-electron chi connectivity index (χ1n) is 28.2. The molecule has 0 amide bonds. The minimum absolute atomic E-state index is 1.11. The molecule has 0 aliphatic carbocycles. The van der Waals surface area contributed by atoms with Crippen LogP contribution in [0.5, 0.6) is 0 Å². The van der Waals surface area contributed by atoms with Crippen molar-refractivity contribution in [2.45, 2.75) is 0 Å². The fourth-order valence-corrected chi connectivity index (χ4v) is 13.4. The largest absolute Gasteiger partial charge is 0.309 e. The predicted octanol–water partition coefficient (Wildman–Crippen LogP) is 20.7. The third kappa shape index (κ3) is 7.18. The molecule has 0 aliphatic heterocycles. The van der Waals surface area contributed by atoms with Gasteiger partial charge in [-0.05, 0) is 152 Å². The molecule has 0 saturated carbocycles. The Kier molecular flexibility index (Phi) is 10.3. The van der Waals surface area contributed by atoms with Gasteiger partial charge < -0.3 is 18.3 Å². The maximum absolute atomic E-state index is 2.50. The normalized spacial score (nSPS) is 11.9. The average molecular weight is 1040 g/mol. The smallest absolute Gasteiger partial charge is 0.0542 e. The zero-order valence-corrected chi connectivity index (χ0v) is 44.7. The molecule has 4 nitrogen and oxygen atoms in total.